The average molecular weight is 358 g/mol. The molecule has 1 aromatic carbocycles. The Labute approximate surface area is 151 Å². The number of carbonyl (C=O) groups is 2. The van der Waals surface area contributed by atoms with Crippen LogP contribution >= 0.6 is 11.3 Å². The second-order valence-corrected chi connectivity index (χ2v) is 7.57. The number of benzene rings is 1. The van der Waals surface area contributed by atoms with Crippen molar-refractivity contribution in [3.05, 3.63) is 51.9 Å². The van der Waals surface area contributed by atoms with E-state index in [1.807, 2.05) is 23.5 Å². The molecule has 25 heavy (non-hydrogen) atoms. The minimum Gasteiger partial charge on any atom is -0.365 e. The number of hydrogen-bond donors (Lipinski definition) is 3. The summed E-state index contributed by atoms with van der Waals surface area (Å²) in [7, 11) is 0. The number of aryl methyl sites for hydroxylation is 1. The number of thiophene rings is 1. The first kappa shape index (κ1) is 17.6. The van der Waals surface area contributed by atoms with Crippen molar-refractivity contribution in [1.82, 2.24) is 0 Å². The molecule has 1 aliphatic carbocycles. The van der Waals surface area contributed by atoms with E-state index in [2.05, 4.69) is 24.4 Å². The van der Waals surface area contributed by atoms with Crippen LogP contribution in [0.3, 0.4) is 0 Å². The molecule has 0 saturated heterocycles. The lowest BCUT2D eigenvalue weighted by atomic mass is 9.95. The van der Waals surface area contributed by atoms with Gasteiger partial charge in [0.25, 0.3) is 11.8 Å². The van der Waals surface area contributed by atoms with E-state index in [4.69, 9.17) is 5.73 Å². The minimum absolute atomic E-state index is 0.108. The van der Waals surface area contributed by atoms with E-state index in [0.717, 1.165) is 31.2 Å². The van der Waals surface area contributed by atoms with E-state index in [0.29, 0.717) is 17.1 Å². The highest BCUT2D eigenvalue weighted by atomic mass is 32.1. The van der Waals surface area contributed by atoms with Crippen molar-refractivity contribution in [2.24, 2.45) is 5.73 Å². The molecule has 6 heteroatoms. The fourth-order valence-electron chi connectivity index (χ4n) is 3.27. The summed E-state index contributed by atoms with van der Waals surface area (Å²) < 4.78 is 0. The topological polar surface area (TPSA) is 88.8 Å². The van der Waals surface area contributed by atoms with Crippen LogP contribution in [-0.2, 0) is 17.6 Å². The normalized spacial score (nSPS) is 14.6. The van der Waals surface area contributed by atoms with Gasteiger partial charge in [-0.3, -0.25) is 9.59 Å². The van der Waals surface area contributed by atoms with Crippen LogP contribution in [0, 0.1) is 0 Å². The zero-order chi connectivity index (χ0) is 17.8. The van der Waals surface area contributed by atoms with E-state index in [1.165, 1.54) is 21.8 Å². The summed E-state index contributed by atoms with van der Waals surface area (Å²) >= 11 is 1.50. The van der Waals surface area contributed by atoms with E-state index < -0.39 is 5.91 Å². The highest BCUT2D eigenvalue weighted by Crippen LogP contribution is 2.37. The number of primary amides is 1. The van der Waals surface area contributed by atoms with Gasteiger partial charge in [0, 0.05) is 10.4 Å². The van der Waals surface area contributed by atoms with Gasteiger partial charge in [0.2, 0.25) is 0 Å². The standard InChI is InChI=1S/C19H23N3O2S/c1-12(13-7-3-2-4-8-13)21-11-16(23)22-19-17(18(20)24)14-9-5-6-10-15(14)25-19/h2-4,7-8,12,21H,5-6,9-11H2,1H3,(H2,20,24)(H,22,23)/p+1/t12-/m1/s1. The molecule has 0 spiro atoms. The number of amides is 2. The monoisotopic (exact) mass is 358 g/mol. The molecule has 0 fully saturated rings. The molecular formula is C19H24N3O2S+. The Kier molecular flexibility index (Phi) is 5.50. The van der Waals surface area contributed by atoms with Crippen LogP contribution in [0.1, 0.15) is 52.2 Å². The van der Waals surface area contributed by atoms with E-state index in [-0.39, 0.29) is 11.9 Å². The minimum atomic E-state index is -0.448. The quantitative estimate of drug-likeness (QED) is 0.737. The van der Waals surface area contributed by atoms with E-state index >= 15 is 0 Å². The Morgan fingerprint density at radius 3 is 2.68 bits per heavy atom. The van der Waals surface area contributed by atoms with E-state index in [1.54, 1.807) is 0 Å². The molecule has 2 aromatic rings. The SMILES string of the molecule is C[C@@H]([NH2+]CC(=O)Nc1sc2c(c1C(N)=O)CCCC2)c1ccccc1. The predicted molar refractivity (Wildman–Crippen MR) is 99.8 cm³/mol. The van der Waals surface area contributed by atoms with Gasteiger partial charge in [-0.2, -0.15) is 0 Å². The molecule has 5 N–H and O–H groups in total. The number of fused-ring (bicyclic) bond motifs is 1. The van der Waals surface area contributed by atoms with Gasteiger partial charge in [-0.15, -0.1) is 11.3 Å². The molecule has 1 heterocycles. The average Bonchev–Trinajstić information content (AvgIpc) is 2.98. The predicted octanol–water partition coefficient (Wildman–Crippen LogP) is 1.99. The zero-order valence-corrected chi connectivity index (χ0v) is 15.2. The van der Waals surface area contributed by atoms with E-state index in [9.17, 15) is 9.59 Å². The van der Waals surface area contributed by atoms with Crippen LogP contribution in [0.5, 0.6) is 0 Å². The molecule has 2 amide bonds. The van der Waals surface area contributed by atoms with Gasteiger partial charge >= 0.3 is 0 Å². The Bertz CT molecular complexity index is 770. The number of carbonyl (C=O) groups excluding carboxylic acids is 2. The lowest BCUT2D eigenvalue weighted by Gasteiger charge is -2.12. The maximum Gasteiger partial charge on any atom is 0.280 e. The summed E-state index contributed by atoms with van der Waals surface area (Å²) in [4.78, 5) is 25.4. The summed E-state index contributed by atoms with van der Waals surface area (Å²) in [6.45, 7) is 2.37. The highest BCUT2D eigenvalue weighted by molar-refractivity contribution is 7.17. The largest absolute Gasteiger partial charge is 0.365 e. The Hall–Kier alpha value is -2.18. The van der Waals surface area contributed by atoms with Crippen LogP contribution < -0.4 is 16.4 Å². The molecular weight excluding hydrogens is 334 g/mol. The molecule has 0 radical (unpaired) electrons. The van der Waals surface area contributed by atoms with Crippen LogP contribution in [0.2, 0.25) is 0 Å². The van der Waals surface area contributed by atoms with Crippen molar-refractivity contribution in [1.29, 1.82) is 0 Å². The first-order chi connectivity index (χ1) is 12.1. The van der Waals surface area contributed by atoms with Gasteiger partial charge in [-0.25, -0.2) is 0 Å². The summed E-state index contributed by atoms with van der Waals surface area (Å²) in [6, 6.07) is 10.3. The summed E-state index contributed by atoms with van der Waals surface area (Å²) in [5, 5.41) is 5.51. The summed E-state index contributed by atoms with van der Waals surface area (Å²) in [5.74, 6) is -0.555. The van der Waals surface area contributed by atoms with Crippen molar-refractivity contribution in [3.8, 4) is 0 Å². The number of hydrogen-bond acceptors (Lipinski definition) is 3. The third-order valence-electron chi connectivity index (χ3n) is 4.65. The Morgan fingerprint density at radius 1 is 1.24 bits per heavy atom. The lowest BCUT2D eigenvalue weighted by molar-refractivity contribution is -0.682. The van der Waals surface area contributed by atoms with Crippen molar-refractivity contribution in [2.45, 2.75) is 38.6 Å². The van der Waals surface area contributed by atoms with Crippen LogP contribution in [-0.4, -0.2) is 18.4 Å². The molecule has 132 valence electrons. The third-order valence-corrected chi connectivity index (χ3v) is 5.86. The maximum atomic E-state index is 12.3. The van der Waals surface area contributed by atoms with Crippen molar-refractivity contribution >= 4 is 28.2 Å². The smallest absolute Gasteiger partial charge is 0.280 e. The summed E-state index contributed by atoms with van der Waals surface area (Å²) in [6.07, 6.45) is 4.03. The molecule has 0 saturated carbocycles. The number of rotatable bonds is 6. The van der Waals surface area contributed by atoms with Gasteiger partial charge in [-0.1, -0.05) is 30.3 Å². The molecule has 1 atom stereocenters. The number of nitrogens with two attached hydrogens (primary N) is 2. The fraction of sp³-hybridized carbons (Fsp3) is 0.368. The number of anilines is 1. The lowest BCUT2D eigenvalue weighted by Crippen LogP contribution is -2.86. The molecule has 0 aliphatic heterocycles. The van der Waals surface area contributed by atoms with Crippen molar-refractivity contribution < 1.29 is 14.9 Å². The second kappa shape index (κ2) is 7.80. The van der Waals surface area contributed by atoms with Gasteiger partial charge in [0.1, 0.15) is 11.0 Å². The third kappa shape index (κ3) is 4.08. The molecule has 5 nitrogen and oxygen atoms in total. The van der Waals surface area contributed by atoms with Crippen LogP contribution in [0.25, 0.3) is 0 Å². The van der Waals surface area contributed by atoms with Crippen molar-refractivity contribution in [3.63, 3.8) is 0 Å². The van der Waals surface area contributed by atoms with Gasteiger partial charge in [-0.05, 0) is 38.2 Å². The first-order valence-electron chi connectivity index (χ1n) is 8.68. The molecule has 1 aliphatic rings. The van der Waals surface area contributed by atoms with Crippen LogP contribution in [0.15, 0.2) is 30.3 Å². The first-order valence-corrected chi connectivity index (χ1v) is 9.50. The van der Waals surface area contributed by atoms with Gasteiger partial charge in [0.15, 0.2) is 6.54 Å². The fourth-order valence-corrected chi connectivity index (χ4v) is 4.58. The molecule has 3 rings (SSSR count). The molecule has 0 bridgehead atoms. The zero-order valence-electron chi connectivity index (χ0n) is 14.4. The molecule has 1 aromatic heterocycles. The second-order valence-electron chi connectivity index (χ2n) is 6.47. The maximum absolute atomic E-state index is 12.3. The van der Waals surface area contributed by atoms with Gasteiger partial charge in [0.05, 0.1) is 5.56 Å². The number of quaternary nitrogens is 1. The van der Waals surface area contributed by atoms with Gasteiger partial charge < -0.3 is 16.4 Å². The van der Waals surface area contributed by atoms with Crippen LogP contribution in [0.4, 0.5) is 5.00 Å². The Morgan fingerprint density at radius 2 is 1.96 bits per heavy atom. The van der Waals surface area contributed by atoms with Crippen molar-refractivity contribution in [2.75, 3.05) is 11.9 Å². The summed E-state index contributed by atoms with van der Waals surface area (Å²) in [5.41, 5.74) is 8.31. The molecule has 0 unspecified atom stereocenters. The Balaban J connectivity index is 1.65. The number of nitrogens with one attached hydrogen (secondary N) is 1. The highest BCUT2D eigenvalue weighted by Gasteiger charge is 2.25.